The van der Waals surface area contributed by atoms with Crippen LogP contribution in [-0.2, 0) is 0 Å². The molecule has 98 valence electrons. The molecule has 5 heteroatoms. The summed E-state index contributed by atoms with van der Waals surface area (Å²) >= 11 is 0. The first-order valence-electron chi connectivity index (χ1n) is 6.64. The number of allylic oxidation sites excluding steroid dienone is 2. The first kappa shape index (κ1) is 11.9. The third-order valence-electron chi connectivity index (χ3n) is 3.43. The first-order valence-corrected chi connectivity index (χ1v) is 6.64. The van der Waals surface area contributed by atoms with E-state index in [1.165, 1.54) is 19.3 Å². The third-order valence-corrected chi connectivity index (χ3v) is 3.43. The van der Waals surface area contributed by atoms with E-state index < -0.39 is 0 Å². The molecule has 0 bridgehead atoms. The number of hydrogen-bond acceptors (Lipinski definition) is 4. The number of nitrogens with one attached hydrogen (secondary N) is 1. The van der Waals surface area contributed by atoms with Crippen molar-refractivity contribution in [3.63, 3.8) is 0 Å². The van der Waals surface area contributed by atoms with Gasteiger partial charge in [0.05, 0.1) is 5.69 Å². The van der Waals surface area contributed by atoms with Crippen LogP contribution in [0.25, 0.3) is 5.69 Å². The normalized spacial score (nSPS) is 18.4. The second kappa shape index (κ2) is 5.65. The molecule has 0 spiro atoms. The lowest BCUT2D eigenvalue weighted by Crippen LogP contribution is -2.15. The van der Waals surface area contributed by atoms with Gasteiger partial charge < -0.3 is 5.32 Å². The zero-order valence-electron chi connectivity index (χ0n) is 10.7. The van der Waals surface area contributed by atoms with E-state index in [0.29, 0.717) is 0 Å². The van der Waals surface area contributed by atoms with Crippen LogP contribution in [0.3, 0.4) is 0 Å². The topological polar surface area (TPSA) is 55.6 Å². The predicted molar refractivity (Wildman–Crippen MR) is 74.1 cm³/mol. The van der Waals surface area contributed by atoms with E-state index >= 15 is 0 Å². The van der Waals surface area contributed by atoms with Gasteiger partial charge in [-0.15, -0.1) is 5.10 Å². The Labute approximate surface area is 112 Å². The van der Waals surface area contributed by atoms with E-state index in [1.54, 1.807) is 11.0 Å². The molecule has 1 N–H and O–H groups in total. The molecule has 5 nitrogen and oxygen atoms in total. The van der Waals surface area contributed by atoms with Crippen molar-refractivity contribution >= 4 is 5.69 Å². The van der Waals surface area contributed by atoms with E-state index in [0.717, 1.165) is 23.8 Å². The van der Waals surface area contributed by atoms with E-state index in [4.69, 9.17) is 0 Å². The Balaban J connectivity index is 1.65. The molecule has 0 fully saturated rings. The Morgan fingerprint density at radius 1 is 1.32 bits per heavy atom. The maximum Gasteiger partial charge on any atom is 0.143 e. The second-order valence-electron chi connectivity index (χ2n) is 4.84. The lowest BCUT2D eigenvalue weighted by Gasteiger charge is -2.19. The van der Waals surface area contributed by atoms with Crippen molar-refractivity contribution in [2.75, 3.05) is 11.9 Å². The highest BCUT2D eigenvalue weighted by molar-refractivity contribution is 5.50. The van der Waals surface area contributed by atoms with Gasteiger partial charge in [-0.05, 0) is 53.8 Å². The molecule has 3 rings (SSSR count). The molecule has 1 aliphatic rings. The van der Waals surface area contributed by atoms with E-state index in [1.807, 2.05) is 12.1 Å². The average molecular weight is 255 g/mol. The molecular formula is C14H17N5. The molecule has 0 saturated carbocycles. The Hall–Kier alpha value is -2.17. The molecule has 2 aromatic rings. The van der Waals surface area contributed by atoms with Crippen LogP contribution < -0.4 is 5.32 Å². The molecule has 1 heterocycles. The van der Waals surface area contributed by atoms with Crippen LogP contribution >= 0.6 is 0 Å². The summed E-state index contributed by atoms with van der Waals surface area (Å²) in [5.74, 6) is 0.738. The monoisotopic (exact) mass is 255 g/mol. The fraction of sp³-hybridized carbons (Fsp3) is 0.357. The van der Waals surface area contributed by atoms with Crippen molar-refractivity contribution in [3.05, 3.63) is 42.7 Å². The van der Waals surface area contributed by atoms with Gasteiger partial charge in [-0.2, -0.15) is 0 Å². The molecule has 0 amide bonds. The molecule has 1 aliphatic carbocycles. The van der Waals surface area contributed by atoms with Crippen LogP contribution in [0.1, 0.15) is 19.3 Å². The van der Waals surface area contributed by atoms with Crippen molar-refractivity contribution in [2.45, 2.75) is 19.3 Å². The van der Waals surface area contributed by atoms with Crippen molar-refractivity contribution in [1.29, 1.82) is 0 Å². The Bertz CT molecular complexity index is 547. The minimum atomic E-state index is 0.738. The number of hydrogen-bond donors (Lipinski definition) is 1. The molecule has 19 heavy (non-hydrogen) atoms. The molecule has 1 unspecified atom stereocenters. The molecule has 0 radical (unpaired) electrons. The molecular weight excluding hydrogens is 238 g/mol. The average Bonchev–Trinajstić information content (AvgIpc) is 3.01. The lowest BCUT2D eigenvalue weighted by atomic mass is 9.94. The first-order chi connectivity index (χ1) is 9.42. The van der Waals surface area contributed by atoms with E-state index in [-0.39, 0.29) is 0 Å². The third kappa shape index (κ3) is 2.99. The number of tetrazole rings is 1. The van der Waals surface area contributed by atoms with Crippen LogP contribution in [0, 0.1) is 5.92 Å². The van der Waals surface area contributed by atoms with E-state index in [9.17, 15) is 0 Å². The van der Waals surface area contributed by atoms with Crippen molar-refractivity contribution in [1.82, 2.24) is 20.2 Å². The largest absolute Gasteiger partial charge is 0.385 e. The Kier molecular flexibility index (Phi) is 3.54. The minimum Gasteiger partial charge on any atom is -0.385 e. The summed E-state index contributed by atoms with van der Waals surface area (Å²) < 4.78 is 1.66. The fourth-order valence-electron chi connectivity index (χ4n) is 2.34. The molecule has 1 aromatic heterocycles. The fourth-order valence-corrected chi connectivity index (χ4v) is 2.34. The second-order valence-corrected chi connectivity index (χ2v) is 4.84. The zero-order chi connectivity index (χ0) is 12.9. The number of aromatic nitrogens is 4. The van der Waals surface area contributed by atoms with Gasteiger partial charge in [-0.1, -0.05) is 18.2 Å². The highest BCUT2D eigenvalue weighted by Crippen LogP contribution is 2.20. The van der Waals surface area contributed by atoms with Gasteiger partial charge in [0, 0.05) is 12.2 Å². The summed E-state index contributed by atoms with van der Waals surface area (Å²) in [5, 5.41) is 14.7. The van der Waals surface area contributed by atoms with Crippen LogP contribution in [0.15, 0.2) is 42.7 Å². The highest BCUT2D eigenvalue weighted by Gasteiger charge is 2.09. The summed E-state index contributed by atoms with van der Waals surface area (Å²) in [5.41, 5.74) is 2.08. The van der Waals surface area contributed by atoms with E-state index in [2.05, 4.69) is 45.1 Å². The molecule has 0 saturated heterocycles. The van der Waals surface area contributed by atoms with Gasteiger partial charge >= 0.3 is 0 Å². The van der Waals surface area contributed by atoms with Crippen LogP contribution in [0.4, 0.5) is 5.69 Å². The Morgan fingerprint density at radius 2 is 2.32 bits per heavy atom. The van der Waals surface area contributed by atoms with Gasteiger partial charge in [0.15, 0.2) is 0 Å². The van der Waals surface area contributed by atoms with Gasteiger partial charge in [-0.25, -0.2) is 4.68 Å². The smallest absolute Gasteiger partial charge is 0.143 e. The standard InChI is InChI=1S/C14H17N5/c1-2-5-12(6-3-1)10-15-13-7-4-8-14(9-13)19-11-16-17-18-19/h1-2,4,7-9,11-12,15H,3,5-6,10H2. The van der Waals surface area contributed by atoms with Gasteiger partial charge in [0.1, 0.15) is 6.33 Å². The summed E-state index contributed by atoms with van der Waals surface area (Å²) in [6, 6.07) is 8.15. The molecule has 1 atom stereocenters. The predicted octanol–water partition coefficient (Wildman–Crippen LogP) is 2.43. The van der Waals surface area contributed by atoms with Crippen LogP contribution in [-0.4, -0.2) is 26.8 Å². The summed E-state index contributed by atoms with van der Waals surface area (Å²) in [7, 11) is 0. The minimum absolute atomic E-state index is 0.738. The zero-order valence-corrected chi connectivity index (χ0v) is 10.7. The quantitative estimate of drug-likeness (QED) is 0.852. The van der Waals surface area contributed by atoms with Crippen molar-refractivity contribution in [2.24, 2.45) is 5.92 Å². The Morgan fingerprint density at radius 3 is 3.11 bits per heavy atom. The maximum absolute atomic E-state index is 3.90. The van der Waals surface area contributed by atoms with Crippen LogP contribution in [0.5, 0.6) is 0 Å². The number of benzene rings is 1. The molecule has 1 aromatic carbocycles. The van der Waals surface area contributed by atoms with Gasteiger partial charge in [0.25, 0.3) is 0 Å². The SMILES string of the molecule is C1=CCC(CNc2cccc(-n3cnnn3)c2)CC1. The number of nitrogens with zero attached hydrogens (tertiary/aromatic N) is 4. The number of anilines is 1. The lowest BCUT2D eigenvalue weighted by molar-refractivity contribution is 0.504. The maximum atomic E-state index is 3.90. The van der Waals surface area contributed by atoms with Crippen molar-refractivity contribution < 1.29 is 0 Å². The van der Waals surface area contributed by atoms with Gasteiger partial charge in [0.2, 0.25) is 0 Å². The number of rotatable bonds is 4. The van der Waals surface area contributed by atoms with Crippen molar-refractivity contribution in [3.8, 4) is 5.69 Å². The summed E-state index contributed by atoms with van der Waals surface area (Å²) in [4.78, 5) is 0. The summed E-state index contributed by atoms with van der Waals surface area (Å²) in [6.07, 6.45) is 9.82. The van der Waals surface area contributed by atoms with Crippen LogP contribution in [0.2, 0.25) is 0 Å². The molecule has 0 aliphatic heterocycles. The summed E-state index contributed by atoms with van der Waals surface area (Å²) in [6.45, 7) is 1.02. The van der Waals surface area contributed by atoms with Gasteiger partial charge in [-0.3, -0.25) is 0 Å². The highest BCUT2D eigenvalue weighted by atomic mass is 15.5.